The number of benzene rings is 2. The fraction of sp³-hybridized carbons (Fsp3) is 0.304. The SMILES string of the molecule is C=C(C)c1cc(CNC(=O)OC(C)(C)C)cc(NC(=O)OCc2ccccc2)c1. The lowest BCUT2D eigenvalue weighted by Gasteiger charge is -2.20. The van der Waals surface area contributed by atoms with Gasteiger partial charge in [-0.2, -0.15) is 0 Å². The summed E-state index contributed by atoms with van der Waals surface area (Å²) in [5.74, 6) is 0. The molecule has 2 aromatic rings. The number of anilines is 1. The number of hydrogen-bond acceptors (Lipinski definition) is 4. The quantitative estimate of drug-likeness (QED) is 0.676. The minimum atomic E-state index is -0.571. The van der Waals surface area contributed by atoms with Crippen molar-refractivity contribution in [3.8, 4) is 0 Å². The Labute approximate surface area is 171 Å². The van der Waals surface area contributed by atoms with Crippen LogP contribution in [-0.4, -0.2) is 17.8 Å². The van der Waals surface area contributed by atoms with Crippen LogP contribution < -0.4 is 10.6 Å². The first-order chi connectivity index (χ1) is 13.6. The van der Waals surface area contributed by atoms with Gasteiger partial charge in [0, 0.05) is 12.2 Å². The second-order valence-corrected chi connectivity index (χ2v) is 7.74. The highest BCUT2D eigenvalue weighted by Gasteiger charge is 2.16. The van der Waals surface area contributed by atoms with Crippen molar-refractivity contribution >= 4 is 23.4 Å². The molecule has 0 fully saturated rings. The molecule has 0 heterocycles. The summed E-state index contributed by atoms with van der Waals surface area (Å²) in [6.45, 7) is 11.7. The maximum absolute atomic E-state index is 12.2. The molecule has 0 unspecified atom stereocenters. The summed E-state index contributed by atoms with van der Waals surface area (Å²) in [5.41, 5.74) is 3.38. The third kappa shape index (κ3) is 8.09. The predicted octanol–water partition coefficient (Wildman–Crippen LogP) is 5.49. The van der Waals surface area contributed by atoms with E-state index in [0.29, 0.717) is 5.69 Å². The summed E-state index contributed by atoms with van der Waals surface area (Å²) < 4.78 is 10.5. The molecule has 0 spiro atoms. The number of ether oxygens (including phenoxy) is 2. The number of alkyl carbamates (subject to hydrolysis) is 1. The van der Waals surface area contributed by atoms with E-state index in [2.05, 4.69) is 17.2 Å². The average Bonchev–Trinajstić information content (AvgIpc) is 2.64. The molecule has 0 saturated heterocycles. The number of hydrogen-bond donors (Lipinski definition) is 2. The minimum Gasteiger partial charge on any atom is -0.444 e. The van der Waals surface area contributed by atoms with E-state index in [-0.39, 0.29) is 13.2 Å². The van der Waals surface area contributed by atoms with Gasteiger partial charge in [-0.15, -0.1) is 0 Å². The van der Waals surface area contributed by atoms with Crippen LogP contribution in [-0.2, 0) is 22.6 Å². The Balaban J connectivity index is 2.02. The van der Waals surface area contributed by atoms with Gasteiger partial charge in [-0.05, 0) is 62.6 Å². The third-order valence-electron chi connectivity index (χ3n) is 3.78. The molecule has 29 heavy (non-hydrogen) atoms. The monoisotopic (exact) mass is 396 g/mol. The lowest BCUT2D eigenvalue weighted by molar-refractivity contribution is 0.0523. The highest BCUT2D eigenvalue weighted by Crippen LogP contribution is 2.21. The van der Waals surface area contributed by atoms with Gasteiger partial charge in [-0.3, -0.25) is 5.32 Å². The molecule has 6 nitrogen and oxygen atoms in total. The molecule has 2 aromatic carbocycles. The van der Waals surface area contributed by atoms with Gasteiger partial charge in [0.1, 0.15) is 12.2 Å². The van der Waals surface area contributed by atoms with Crippen LogP contribution in [0, 0.1) is 0 Å². The number of nitrogens with one attached hydrogen (secondary N) is 2. The Morgan fingerprint density at radius 2 is 1.69 bits per heavy atom. The molecule has 0 aliphatic rings. The first kappa shape index (κ1) is 22.0. The first-order valence-corrected chi connectivity index (χ1v) is 9.37. The molecule has 0 atom stereocenters. The Hall–Kier alpha value is -3.28. The zero-order valence-electron chi connectivity index (χ0n) is 17.4. The Morgan fingerprint density at radius 1 is 1.00 bits per heavy atom. The van der Waals surface area contributed by atoms with E-state index in [1.807, 2.05) is 49.4 Å². The first-order valence-electron chi connectivity index (χ1n) is 9.37. The van der Waals surface area contributed by atoms with Crippen molar-refractivity contribution in [2.24, 2.45) is 0 Å². The van der Waals surface area contributed by atoms with Crippen LogP contribution in [0.25, 0.3) is 5.57 Å². The summed E-state index contributed by atoms with van der Waals surface area (Å²) in [6.07, 6.45) is -1.06. The van der Waals surface area contributed by atoms with Gasteiger partial charge in [0.15, 0.2) is 0 Å². The maximum atomic E-state index is 12.2. The molecule has 0 saturated carbocycles. The van der Waals surface area contributed by atoms with Gasteiger partial charge < -0.3 is 14.8 Å². The van der Waals surface area contributed by atoms with Gasteiger partial charge in [0.05, 0.1) is 0 Å². The summed E-state index contributed by atoms with van der Waals surface area (Å²) in [7, 11) is 0. The van der Waals surface area contributed by atoms with Crippen LogP contribution in [0.4, 0.5) is 15.3 Å². The Kier molecular flexibility index (Phi) is 7.42. The third-order valence-corrected chi connectivity index (χ3v) is 3.78. The van der Waals surface area contributed by atoms with Crippen LogP contribution in [0.3, 0.4) is 0 Å². The normalized spacial score (nSPS) is 10.8. The van der Waals surface area contributed by atoms with Crippen molar-refractivity contribution in [3.05, 3.63) is 71.8 Å². The summed E-state index contributed by atoms with van der Waals surface area (Å²) in [5, 5.41) is 5.44. The molecule has 0 aliphatic heterocycles. The molecule has 6 heteroatoms. The minimum absolute atomic E-state index is 0.180. The van der Waals surface area contributed by atoms with E-state index >= 15 is 0 Å². The van der Waals surface area contributed by atoms with Crippen molar-refractivity contribution in [2.45, 2.75) is 46.4 Å². The second-order valence-electron chi connectivity index (χ2n) is 7.74. The van der Waals surface area contributed by atoms with Crippen molar-refractivity contribution in [1.82, 2.24) is 5.32 Å². The van der Waals surface area contributed by atoms with Crippen LogP contribution in [0.2, 0.25) is 0 Å². The number of allylic oxidation sites excluding steroid dienone is 1. The van der Waals surface area contributed by atoms with Crippen molar-refractivity contribution in [2.75, 3.05) is 5.32 Å². The lowest BCUT2D eigenvalue weighted by Crippen LogP contribution is -2.32. The summed E-state index contributed by atoms with van der Waals surface area (Å²) >= 11 is 0. The average molecular weight is 396 g/mol. The second kappa shape index (κ2) is 9.78. The molecule has 0 aromatic heterocycles. The Bertz CT molecular complexity index is 870. The van der Waals surface area contributed by atoms with Gasteiger partial charge in [-0.1, -0.05) is 42.5 Å². The van der Waals surface area contributed by atoms with Crippen LogP contribution in [0.5, 0.6) is 0 Å². The smallest absolute Gasteiger partial charge is 0.411 e. The van der Waals surface area contributed by atoms with E-state index in [4.69, 9.17) is 9.47 Å². The summed E-state index contributed by atoms with van der Waals surface area (Å²) in [6, 6.07) is 14.9. The van der Waals surface area contributed by atoms with E-state index in [9.17, 15) is 9.59 Å². The van der Waals surface area contributed by atoms with Crippen molar-refractivity contribution in [1.29, 1.82) is 0 Å². The highest BCUT2D eigenvalue weighted by atomic mass is 16.6. The Morgan fingerprint density at radius 3 is 2.31 bits per heavy atom. The number of carbonyl (C=O) groups is 2. The van der Waals surface area contributed by atoms with Crippen molar-refractivity contribution < 1.29 is 19.1 Å². The van der Waals surface area contributed by atoms with E-state index in [1.165, 1.54) is 0 Å². The molecule has 154 valence electrons. The molecule has 2 N–H and O–H groups in total. The van der Waals surface area contributed by atoms with E-state index in [1.54, 1.807) is 26.8 Å². The zero-order chi connectivity index (χ0) is 21.4. The molecular formula is C23H28N2O4. The van der Waals surface area contributed by atoms with Gasteiger partial charge in [0.2, 0.25) is 0 Å². The fourth-order valence-corrected chi connectivity index (χ4v) is 2.48. The zero-order valence-corrected chi connectivity index (χ0v) is 17.4. The summed E-state index contributed by atoms with van der Waals surface area (Å²) in [4.78, 5) is 24.0. The molecule has 0 radical (unpaired) electrons. The standard InChI is InChI=1S/C23H28N2O4/c1-16(2)19-11-18(14-24-21(26)29-23(3,4)5)12-20(13-19)25-22(27)28-15-17-9-7-6-8-10-17/h6-13H,1,14-15H2,2-5H3,(H,24,26)(H,25,27). The van der Waals surface area contributed by atoms with E-state index in [0.717, 1.165) is 22.3 Å². The van der Waals surface area contributed by atoms with Crippen LogP contribution in [0.1, 0.15) is 44.4 Å². The molecule has 0 aliphatic carbocycles. The molecule has 2 rings (SSSR count). The number of carbonyl (C=O) groups excluding carboxylic acids is 2. The van der Waals surface area contributed by atoms with E-state index < -0.39 is 17.8 Å². The largest absolute Gasteiger partial charge is 0.444 e. The lowest BCUT2D eigenvalue weighted by atomic mass is 10.0. The predicted molar refractivity (Wildman–Crippen MR) is 114 cm³/mol. The number of amides is 2. The molecular weight excluding hydrogens is 368 g/mol. The maximum Gasteiger partial charge on any atom is 0.411 e. The fourth-order valence-electron chi connectivity index (χ4n) is 2.48. The highest BCUT2D eigenvalue weighted by molar-refractivity contribution is 5.85. The van der Waals surface area contributed by atoms with Crippen LogP contribution in [0.15, 0.2) is 55.1 Å². The number of rotatable bonds is 6. The van der Waals surface area contributed by atoms with Gasteiger partial charge >= 0.3 is 12.2 Å². The van der Waals surface area contributed by atoms with Crippen LogP contribution >= 0.6 is 0 Å². The topological polar surface area (TPSA) is 76.7 Å². The molecule has 0 bridgehead atoms. The van der Waals surface area contributed by atoms with Crippen molar-refractivity contribution in [3.63, 3.8) is 0 Å². The van der Waals surface area contributed by atoms with Gasteiger partial charge in [0.25, 0.3) is 0 Å². The molecule has 2 amide bonds. The van der Waals surface area contributed by atoms with Gasteiger partial charge in [-0.25, -0.2) is 9.59 Å².